The highest BCUT2D eigenvalue weighted by atomic mass is 16.6. The molecule has 1 aromatic rings. The summed E-state index contributed by atoms with van der Waals surface area (Å²) >= 11 is 0. The van der Waals surface area contributed by atoms with E-state index in [1.807, 2.05) is 20.8 Å². The van der Waals surface area contributed by atoms with Crippen LogP contribution in [0, 0.1) is 16.0 Å². The molecule has 0 saturated heterocycles. The number of nitrogens with zero attached hydrogens (tertiary/aromatic N) is 3. The molecule has 118 valence electrons. The Balaban J connectivity index is 2.78. The second-order valence-corrected chi connectivity index (χ2v) is 5.28. The van der Waals surface area contributed by atoms with Gasteiger partial charge in [-0.15, -0.1) is 0 Å². The lowest BCUT2D eigenvalue weighted by Crippen LogP contribution is -2.22. The van der Waals surface area contributed by atoms with Gasteiger partial charge in [-0.2, -0.15) is 4.98 Å². The number of aliphatic hydroxyl groups is 1. The van der Waals surface area contributed by atoms with E-state index in [1.165, 1.54) is 6.20 Å². The number of rotatable bonds is 9. The van der Waals surface area contributed by atoms with Gasteiger partial charge < -0.3 is 15.7 Å². The van der Waals surface area contributed by atoms with Crippen LogP contribution in [0.15, 0.2) is 6.20 Å². The summed E-state index contributed by atoms with van der Waals surface area (Å²) in [6.07, 6.45) is 2.11. The first-order chi connectivity index (χ1) is 9.93. The highest BCUT2D eigenvalue weighted by Gasteiger charge is 2.18. The molecule has 21 heavy (non-hydrogen) atoms. The quantitative estimate of drug-likeness (QED) is 0.472. The Morgan fingerprint density at radius 3 is 2.71 bits per heavy atom. The van der Waals surface area contributed by atoms with Crippen molar-refractivity contribution in [2.45, 2.75) is 39.7 Å². The molecule has 0 amide bonds. The first-order valence-electron chi connectivity index (χ1n) is 7.11. The largest absolute Gasteiger partial charge is 0.391 e. The summed E-state index contributed by atoms with van der Waals surface area (Å²) in [6, 6.07) is 0. The average molecular weight is 297 g/mol. The Hall–Kier alpha value is -1.96. The van der Waals surface area contributed by atoms with E-state index in [0.29, 0.717) is 24.8 Å². The zero-order valence-electron chi connectivity index (χ0n) is 12.7. The van der Waals surface area contributed by atoms with Gasteiger partial charge >= 0.3 is 5.69 Å². The second-order valence-electron chi connectivity index (χ2n) is 5.28. The summed E-state index contributed by atoms with van der Waals surface area (Å²) in [5.41, 5.74) is -0.200. The third kappa shape index (κ3) is 5.90. The van der Waals surface area contributed by atoms with E-state index in [-0.39, 0.29) is 18.1 Å². The highest BCUT2D eigenvalue weighted by molar-refractivity contribution is 5.56. The Morgan fingerprint density at radius 2 is 2.14 bits per heavy atom. The van der Waals surface area contributed by atoms with Crippen LogP contribution in [0.3, 0.4) is 0 Å². The smallest absolute Gasteiger partial charge is 0.329 e. The van der Waals surface area contributed by atoms with Crippen molar-refractivity contribution in [3.63, 3.8) is 0 Å². The maximum atomic E-state index is 11.0. The number of nitro groups is 1. The van der Waals surface area contributed by atoms with E-state index in [1.54, 1.807) is 0 Å². The minimum absolute atomic E-state index is 0.122. The van der Waals surface area contributed by atoms with E-state index in [2.05, 4.69) is 20.6 Å². The molecular weight excluding hydrogens is 274 g/mol. The molecule has 8 nitrogen and oxygen atoms in total. The molecule has 0 bridgehead atoms. The van der Waals surface area contributed by atoms with Crippen LogP contribution in [0.2, 0.25) is 0 Å². The molecule has 1 atom stereocenters. The van der Waals surface area contributed by atoms with Crippen molar-refractivity contribution in [1.82, 2.24) is 9.97 Å². The zero-order valence-corrected chi connectivity index (χ0v) is 12.7. The van der Waals surface area contributed by atoms with E-state index in [9.17, 15) is 15.2 Å². The van der Waals surface area contributed by atoms with Gasteiger partial charge in [0.1, 0.15) is 6.20 Å². The van der Waals surface area contributed by atoms with Gasteiger partial charge in [-0.3, -0.25) is 10.1 Å². The SMILES string of the molecule is CCCNc1ncc([N+](=O)[O-])c(NCC(O)CC(C)C)n1. The molecule has 0 aliphatic carbocycles. The molecule has 8 heteroatoms. The number of aromatic nitrogens is 2. The minimum Gasteiger partial charge on any atom is -0.391 e. The molecule has 1 aromatic heterocycles. The van der Waals surface area contributed by atoms with Crippen LogP contribution in [0.4, 0.5) is 17.5 Å². The maximum absolute atomic E-state index is 11.0. The van der Waals surface area contributed by atoms with Crippen LogP contribution in [0.5, 0.6) is 0 Å². The van der Waals surface area contributed by atoms with Gasteiger partial charge in [0.05, 0.1) is 11.0 Å². The van der Waals surface area contributed by atoms with Crippen LogP contribution in [-0.2, 0) is 0 Å². The molecule has 1 unspecified atom stereocenters. The monoisotopic (exact) mass is 297 g/mol. The summed E-state index contributed by atoms with van der Waals surface area (Å²) in [7, 11) is 0. The Kier molecular flexibility index (Phi) is 6.80. The summed E-state index contributed by atoms with van der Waals surface area (Å²) in [5, 5.41) is 26.6. The van der Waals surface area contributed by atoms with Gasteiger partial charge in [0.2, 0.25) is 11.8 Å². The zero-order chi connectivity index (χ0) is 15.8. The first kappa shape index (κ1) is 17.1. The van der Waals surface area contributed by atoms with E-state index >= 15 is 0 Å². The first-order valence-corrected chi connectivity index (χ1v) is 7.11. The number of hydrogen-bond acceptors (Lipinski definition) is 7. The number of anilines is 2. The molecule has 0 saturated carbocycles. The lowest BCUT2D eigenvalue weighted by Gasteiger charge is -2.14. The second kappa shape index (κ2) is 8.35. The van der Waals surface area contributed by atoms with E-state index in [4.69, 9.17) is 0 Å². The van der Waals surface area contributed by atoms with Crippen molar-refractivity contribution in [3.05, 3.63) is 16.3 Å². The highest BCUT2D eigenvalue weighted by Crippen LogP contribution is 2.22. The minimum atomic E-state index is -0.577. The molecule has 0 aliphatic heterocycles. The number of hydrogen-bond donors (Lipinski definition) is 3. The predicted octanol–water partition coefficient (Wildman–Crippen LogP) is 2.03. The van der Waals surface area contributed by atoms with Crippen LogP contribution in [-0.4, -0.2) is 39.2 Å². The van der Waals surface area contributed by atoms with Crippen molar-refractivity contribution < 1.29 is 10.0 Å². The van der Waals surface area contributed by atoms with E-state index < -0.39 is 11.0 Å². The van der Waals surface area contributed by atoms with Gasteiger partial charge in [-0.1, -0.05) is 20.8 Å². The van der Waals surface area contributed by atoms with Crippen molar-refractivity contribution in [3.8, 4) is 0 Å². The molecule has 1 rings (SSSR count). The molecule has 0 fully saturated rings. The summed E-state index contributed by atoms with van der Waals surface area (Å²) in [5.74, 6) is 0.809. The molecule has 1 heterocycles. The van der Waals surface area contributed by atoms with Gasteiger partial charge in [0.25, 0.3) is 0 Å². The van der Waals surface area contributed by atoms with Crippen LogP contribution in [0.1, 0.15) is 33.6 Å². The molecule has 0 aliphatic rings. The topological polar surface area (TPSA) is 113 Å². The fourth-order valence-corrected chi connectivity index (χ4v) is 1.80. The van der Waals surface area contributed by atoms with E-state index in [0.717, 1.165) is 6.42 Å². The number of nitrogens with one attached hydrogen (secondary N) is 2. The standard InChI is InChI=1S/C13H23N5O3/c1-4-5-14-13-16-8-11(18(20)21)12(17-13)15-7-10(19)6-9(2)3/h8-10,19H,4-7H2,1-3H3,(H2,14,15,16,17). The Bertz CT molecular complexity index is 467. The predicted molar refractivity (Wildman–Crippen MR) is 81.4 cm³/mol. The molecule has 0 aromatic carbocycles. The Labute approximate surface area is 124 Å². The normalized spacial score (nSPS) is 12.2. The van der Waals surface area contributed by atoms with Crippen molar-refractivity contribution in [1.29, 1.82) is 0 Å². The van der Waals surface area contributed by atoms with Crippen LogP contribution in [0.25, 0.3) is 0 Å². The van der Waals surface area contributed by atoms with Gasteiger partial charge in [0, 0.05) is 13.1 Å². The Morgan fingerprint density at radius 1 is 1.43 bits per heavy atom. The van der Waals surface area contributed by atoms with Gasteiger partial charge in [-0.25, -0.2) is 4.98 Å². The lowest BCUT2D eigenvalue weighted by atomic mass is 10.1. The van der Waals surface area contributed by atoms with Crippen LogP contribution >= 0.6 is 0 Å². The van der Waals surface area contributed by atoms with Gasteiger partial charge in [-0.05, 0) is 18.8 Å². The molecular formula is C13H23N5O3. The van der Waals surface area contributed by atoms with Crippen LogP contribution < -0.4 is 10.6 Å². The lowest BCUT2D eigenvalue weighted by molar-refractivity contribution is -0.384. The molecule has 0 radical (unpaired) electrons. The third-order valence-corrected chi connectivity index (χ3v) is 2.75. The van der Waals surface area contributed by atoms with Crippen molar-refractivity contribution in [2.24, 2.45) is 5.92 Å². The number of aliphatic hydroxyl groups excluding tert-OH is 1. The van der Waals surface area contributed by atoms with Crippen molar-refractivity contribution >= 4 is 17.5 Å². The molecule has 0 spiro atoms. The summed E-state index contributed by atoms with van der Waals surface area (Å²) in [4.78, 5) is 18.4. The average Bonchev–Trinajstić information content (AvgIpc) is 2.42. The van der Waals surface area contributed by atoms with Gasteiger partial charge in [0.15, 0.2) is 0 Å². The fourth-order valence-electron chi connectivity index (χ4n) is 1.80. The van der Waals surface area contributed by atoms with Crippen molar-refractivity contribution in [2.75, 3.05) is 23.7 Å². The fraction of sp³-hybridized carbons (Fsp3) is 0.692. The third-order valence-electron chi connectivity index (χ3n) is 2.75. The summed E-state index contributed by atoms with van der Waals surface area (Å²) in [6.45, 7) is 6.91. The summed E-state index contributed by atoms with van der Waals surface area (Å²) < 4.78 is 0. The molecule has 3 N–H and O–H groups in total. The maximum Gasteiger partial charge on any atom is 0.329 e.